The molecule has 5 rings (SSSR count). The standard InChI is InChI=1S/C25H17ClN2O5S3/c26-22-13-14-24(35-22)36(31,32)27-17-11-9-16(10-12-17)25(30)33-15-23(29)28-18-5-1-3-7-20(18)34-21-8-4-2-6-19(21)28/h1-14,27H,15H2. The number of hydrogen-bond donors (Lipinski definition) is 1. The zero-order valence-corrected chi connectivity index (χ0v) is 21.6. The largest absolute Gasteiger partial charge is 0.452 e. The highest BCUT2D eigenvalue weighted by Gasteiger charge is 2.28. The topological polar surface area (TPSA) is 92.8 Å². The summed E-state index contributed by atoms with van der Waals surface area (Å²) >= 11 is 8.33. The van der Waals surface area contributed by atoms with Gasteiger partial charge in [0.2, 0.25) is 0 Å². The summed E-state index contributed by atoms with van der Waals surface area (Å²) in [6, 6.07) is 23.7. The molecule has 4 aromatic rings. The van der Waals surface area contributed by atoms with Crippen molar-refractivity contribution in [3.8, 4) is 0 Å². The second-order valence-electron chi connectivity index (χ2n) is 7.58. The summed E-state index contributed by atoms with van der Waals surface area (Å²) in [6.07, 6.45) is 0. The monoisotopic (exact) mass is 556 g/mol. The first-order chi connectivity index (χ1) is 17.3. The highest BCUT2D eigenvalue weighted by Crippen LogP contribution is 2.47. The SMILES string of the molecule is O=C(OCC(=O)N1c2ccccc2Sc2ccccc21)c1ccc(NS(=O)(=O)c2ccc(Cl)s2)cc1. The minimum Gasteiger partial charge on any atom is -0.452 e. The number of carbonyl (C=O) groups excluding carboxylic acids is 2. The molecule has 1 aliphatic heterocycles. The Labute approximate surface area is 220 Å². The van der Waals surface area contributed by atoms with E-state index in [9.17, 15) is 18.0 Å². The van der Waals surface area contributed by atoms with Crippen molar-refractivity contribution >= 4 is 73.7 Å². The number of nitrogens with one attached hydrogen (secondary N) is 1. The summed E-state index contributed by atoms with van der Waals surface area (Å²) < 4.78 is 33.1. The van der Waals surface area contributed by atoms with E-state index in [0.29, 0.717) is 4.34 Å². The number of nitrogens with zero attached hydrogens (tertiary/aromatic N) is 1. The number of hydrogen-bond acceptors (Lipinski definition) is 7. The molecule has 182 valence electrons. The van der Waals surface area contributed by atoms with Gasteiger partial charge in [0, 0.05) is 15.5 Å². The highest BCUT2D eigenvalue weighted by molar-refractivity contribution is 7.99. The van der Waals surface area contributed by atoms with E-state index in [4.69, 9.17) is 16.3 Å². The minimum absolute atomic E-state index is 0.0776. The van der Waals surface area contributed by atoms with Crippen LogP contribution in [0.25, 0.3) is 0 Å². The van der Waals surface area contributed by atoms with E-state index in [-0.39, 0.29) is 21.4 Å². The molecule has 0 bridgehead atoms. The molecule has 11 heteroatoms. The zero-order valence-electron chi connectivity index (χ0n) is 18.4. The number of anilines is 3. The lowest BCUT2D eigenvalue weighted by Gasteiger charge is -2.30. The molecule has 36 heavy (non-hydrogen) atoms. The van der Waals surface area contributed by atoms with Gasteiger partial charge < -0.3 is 4.74 Å². The number of ether oxygens (including phenoxy) is 1. The van der Waals surface area contributed by atoms with Crippen molar-refractivity contribution in [2.75, 3.05) is 16.2 Å². The molecule has 0 spiro atoms. The lowest BCUT2D eigenvalue weighted by atomic mass is 10.2. The van der Waals surface area contributed by atoms with Crippen molar-refractivity contribution in [1.82, 2.24) is 0 Å². The van der Waals surface area contributed by atoms with Crippen LogP contribution in [0.1, 0.15) is 10.4 Å². The Kier molecular flexibility index (Phi) is 6.76. The lowest BCUT2D eigenvalue weighted by molar-refractivity contribution is -0.121. The Morgan fingerprint density at radius 3 is 2.06 bits per heavy atom. The van der Waals surface area contributed by atoms with Crippen LogP contribution in [0.4, 0.5) is 17.1 Å². The van der Waals surface area contributed by atoms with Crippen molar-refractivity contribution < 1.29 is 22.7 Å². The van der Waals surface area contributed by atoms with Gasteiger partial charge in [-0.05, 0) is 60.7 Å². The molecular formula is C25H17ClN2O5S3. The molecule has 3 aromatic carbocycles. The van der Waals surface area contributed by atoms with Crippen molar-refractivity contribution in [2.45, 2.75) is 14.0 Å². The number of rotatable bonds is 6. The fourth-order valence-electron chi connectivity index (χ4n) is 3.57. The number of sulfonamides is 1. The fraction of sp³-hybridized carbons (Fsp3) is 0.0400. The molecule has 0 radical (unpaired) electrons. The fourth-order valence-corrected chi connectivity index (χ4v) is 7.17. The number of carbonyl (C=O) groups is 2. The first-order valence-electron chi connectivity index (χ1n) is 10.6. The zero-order chi connectivity index (χ0) is 25.3. The van der Waals surface area contributed by atoms with Gasteiger partial charge in [-0.2, -0.15) is 0 Å². The molecule has 2 heterocycles. The summed E-state index contributed by atoms with van der Waals surface area (Å²) in [7, 11) is -3.79. The normalized spacial score (nSPS) is 12.4. The molecule has 0 aliphatic carbocycles. The highest BCUT2D eigenvalue weighted by atomic mass is 35.5. The van der Waals surface area contributed by atoms with Crippen LogP contribution in [0.2, 0.25) is 4.34 Å². The number of esters is 1. The van der Waals surface area contributed by atoms with Gasteiger partial charge in [-0.25, -0.2) is 13.2 Å². The van der Waals surface area contributed by atoms with Crippen molar-refractivity contribution in [3.05, 3.63) is 94.8 Å². The molecule has 0 unspecified atom stereocenters. The van der Waals surface area contributed by atoms with Gasteiger partial charge >= 0.3 is 5.97 Å². The summed E-state index contributed by atoms with van der Waals surface area (Å²) in [4.78, 5) is 29.2. The van der Waals surface area contributed by atoms with Gasteiger partial charge in [0.1, 0.15) is 4.21 Å². The van der Waals surface area contributed by atoms with Crippen LogP contribution in [0, 0.1) is 0 Å². The molecule has 7 nitrogen and oxygen atoms in total. The molecule has 0 saturated heterocycles. The average molecular weight is 557 g/mol. The quantitative estimate of drug-likeness (QED) is 0.285. The van der Waals surface area contributed by atoms with Crippen LogP contribution in [-0.2, 0) is 19.6 Å². The number of halogens is 1. The van der Waals surface area contributed by atoms with Gasteiger partial charge in [0.25, 0.3) is 15.9 Å². The summed E-state index contributed by atoms with van der Waals surface area (Å²) in [5.74, 6) is -1.08. The molecular weight excluding hydrogens is 540 g/mol. The van der Waals surface area contributed by atoms with E-state index >= 15 is 0 Å². The maximum atomic E-state index is 13.2. The Bertz CT molecular complexity index is 1520. The maximum Gasteiger partial charge on any atom is 0.338 e. The molecule has 1 N–H and O–H groups in total. The van der Waals surface area contributed by atoms with Crippen molar-refractivity contribution in [2.24, 2.45) is 0 Å². The molecule has 1 aromatic heterocycles. The van der Waals surface area contributed by atoms with Gasteiger partial charge in [-0.15, -0.1) is 11.3 Å². The van der Waals surface area contributed by atoms with Gasteiger partial charge in [-0.1, -0.05) is 47.6 Å². The maximum absolute atomic E-state index is 13.2. The summed E-state index contributed by atoms with van der Waals surface area (Å²) in [5.41, 5.74) is 1.91. The second kappa shape index (κ2) is 9.98. The molecule has 0 atom stereocenters. The molecule has 1 aliphatic rings. The molecule has 0 fully saturated rings. The summed E-state index contributed by atoms with van der Waals surface area (Å²) in [6.45, 7) is -0.459. The predicted octanol–water partition coefficient (Wildman–Crippen LogP) is 6.19. The Hall–Kier alpha value is -3.31. The number of thiophene rings is 1. The van der Waals surface area contributed by atoms with Gasteiger partial charge in [-0.3, -0.25) is 14.4 Å². The average Bonchev–Trinajstić information content (AvgIpc) is 3.33. The van der Waals surface area contributed by atoms with Crippen LogP contribution in [0.3, 0.4) is 0 Å². The van der Waals surface area contributed by atoms with Crippen LogP contribution < -0.4 is 9.62 Å². The third-order valence-electron chi connectivity index (χ3n) is 5.19. The van der Waals surface area contributed by atoms with E-state index in [1.165, 1.54) is 36.4 Å². The van der Waals surface area contributed by atoms with E-state index in [1.807, 2.05) is 48.5 Å². The first kappa shape index (κ1) is 24.4. The van der Waals surface area contributed by atoms with Crippen LogP contribution in [-0.4, -0.2) is 26.9 Å². The lowest BCUT2D eigenvalue weighted by Crippen LogP contribution is -2.32. The van der Waals surface area contributed by atoms with E-state index in [1.54, 1.807) is 16.7 Å². The number of amides is 1. The van der Waals surface area contributed by atoms with Gasteiger partial charge in [0.15, 0.2) is 6.61 Å². The van der Waals surface area contributed by atoms with Crippen LogP contribution in [0.15, 0.2) is 98.9 Å². The Morgan fingerprint density at radius 1 is 0.861 bits per heavy atom. The Balaban J connectivity index is 1.26. The predicted molar refractivity (Wildman–Crippen MR) is 141 cm³/mol. The van der Waals surface area contributed by atoms with E-state index in [2.05, 4.69) is 4.72 Å². The van der Waals surface area contributed by atoms with E-state index in [0.717, 1.165) is 32.5 Å². The third-order valence-corrected chi connectivity index (χ3v) is 9.43. The van der Waals surface area contributed by atoms with Crippen molar-refractivity contribution in [3.63, 3.8) is 0 Å². The van der Waals surface area contributed by atoms with E-state index < -0.39 is 22.6 Å². The number of para-hydroxylation sites is 2. The molecule has 0 saturated carbocycles. The molecule has 1 amide bonds. The second-order valence-corrected chi connectivity index (χ2v) is 12.3. The first-order valence-corrected chi connectivity index (χ1v) is 14.1. The smallest absolute Gasteiger partial charge is 0.338 e. The van der Waals surface area contributed by atoms with Crippen molar-refractivity contribution in [1.29, 1.82) is 0 Å². The minimum atomic E-state index is -3.79. The van der Waals surface area contributed by atoms with Crippen LogP contribution >= 0.6 is 34.7 Å². The number of benzene rings is 3. The summed E-state index contributed by atoms with van der Waals surface area (Å²) in [5, 5.41) is 0. The van der Waals surface area contributed by atoms with Gasteiger partial charge in [0.05, 0.1) is 21.3 Å². The number of fused-ring (bicyclic) bond motifs is 2. The Morgan fingerprint density at radius 2 is 1.47 bits per heavy atom. The third kappa shape index (κ3) is 4.98. The van der Waals surface area contributed by atoms with Crippen LogP contribution in [0.5, 0.6) is 0 Å².